The molecule has 1 aromatic heterocycles. The molecule has 27 heavy (non-hydrogen) atoms. The van der Waals surface area contributed by atoms with Gasteiger partial charge in [-0.1, -0.05) is 19.8 Å². The maximum Gasteiger partial charge on any atom is 0.216 e. The summed E-state index contributed by atoms with van der Waals surface area (Å²) in [5, 5.41) is 11.3. The van der Waals surface area contributed by atoms with Crippen LogP contribution in [0.5, 0.6) is 5.75 Å². The van der Waals surface area contributed by atoms with E-state index in [-0.39, 0.29) is 5.82 Å². The third-order valence-corrected chi connectivity index (χ3v) is 4.24. The number of ether oxygens (including phenoxy) is 1. The number of nitrogens with one attached hydrogen (secondary N) is 1. The molecule has 3 aromatic rings. The molecule has 5 nitrogen and oxygen atoms in total. The summed E-state index contributed by atoms with van der Waals surface area (Å²) in [4.78, 5) is 0. The number of aromatic nitrogens is 3. The summed E-state index contributed by atoms with van der Waals surface area (Å²) in [5.74, 6) is 1.06. The SMILES string of the molecule is CCCCCOc1ccc(/C=N/n2c(-c3ccc(F)cc3)n[nH]c2=S)cc1. The van der Waals surface area contributed by atoms with Gasteiger partial charge in [-0.15, -0.1) is 0 Å². The summed E-state index contributed by atoms with van der Waals surface area (Å²) in [7, 11) is 0. The second-order valence-corrected chi connectivity index (χ2v) is 6.43. The van der Waals surface area contributed by atoms with Crippen LogP contribution in [0.4, 0.5) is 4.39 Å². The zero-order valence-electron chi connectivity index (χ0n) is 15.1. The molecule has 0 bridgehead atoms. The Labute approximate surface area is 162 Å². The Morgan fingerprint density at radius 2 is 1.89 bits per heavy atom. The van der Waals surface area contributed by atoms with Gasteiger partial charge in [0.1, 0.15) is 11.6 Å². The summed E-state index contributed by atoms with van der Waals surface area (Å²) in [6, 6.07) is 13.7. The van der Waals surface area contributed by atoms with Crippen molar-refractivity contribution < 1.29 is 9.13 Å². The Morgan fingerprint density at radius 1 is 1.15 bits per heavy atom. The second-order valence-electron chi connectivity index (χ2n) is 6.04. The molecule has 0 aliphatic rings. The number of unbranched alkanes of at least 4 members (excludes halogenated alkanes) is 2. The van der Waals surface area contributed by atoms with E-state index in [0.29, 0.717) is 10.6 Å². The lowest BCUT2D eigenvalue weighted by Gasteiger charge is -2.05. The Hall–Kier alpha value is -2.80. The maximum absolute atomic E-state index is 13.1. The van der Waals surface area contributed by atoms with Crippen molar-refractivity contribution in [3.63, 3.8) is 0 Å². The van der Waals surface area contributed by atoms with Gasteiger partial charge in [0.25, 0.3) is 0 Å². The van der Waals surface area contributed by atoms with Crippen LogP contribution in [0, 0.1) is 10.6 Å². The standard InChI is InChI=1S/C20H21FN4OS/c1-2-3-4-13-26-18-11-5-15(6-12-18)14-22-25-19(23-24-20(25)27)16-7-9-17(21)10-8-16/h5-12,14H,2-4,13H2,1H3,(H,24,27)/b22-14+. The van der Waals surface area contributed by atoms with E-state index in [2.05, 4.69) is 22.2 Å². The van der Waals surface area contributed by atoms with Crippen LogP contribution in [-0.2, 0) is 0 Å². The first kappa shape index (κ1) is 19.0. The summed E-state index contributed by atoms with van der Waals surface area (Å²) >= 11 is 5.24. The molecule has 0 aliphatic heterocycles. The molecule has 3 rings (SSSR count). The van der Waals surface area contributed by atoms with E-state index < -0.39 is 0 Å². The van der Waals surface area contributed by atoms with E-state index >= 15 is 0 Å². The van der Waals surface area contributed by atoms with Crippen molar-refractivity contribution in [2.24, 2.45) is 5.10 Å². The maximum atomic E-state index is 13.1. The number of benzene rings is 2. The number of hydrogen-bond donors (Lipinski definition) is 1. The first-order valence-electron chi connectivity index (χ1n) is 8.88. The van der Waals surface area contributed by atoms with Crippen LogP contribution in [0.1, 0.15) is 31.7 Å². The van der Waals surface area contributed by atoms with Gasteiger partial charge in [0.15, 0.2) is 5.82 Å². The minimum Gasteiger partial charge on any atom is -0.494 e. The molecule has 1 heterocycles. The lowest BCUT2D eigenvalue weighted by Crippen LogP contribution is -1.97. The van der Waals surface area contributed by atoms with Crippen molar-refractivity contribution in [3.8, 4) is 17.1 Å². The van der Waals surface area contributed by atoms with E-state index in [1.807, 2.05) is 24.3 Å². The highest BCUT2D eigenvalue weighted by Crippen LogP contribution is 2.18. The number of H-pyrrole nitrogens is 1. The fourth-order valence-corrected chi connectivity index (χ4v) is 2.68. The predicted molar refractivity (Wildman–Crippen MR) is 107 cm³/mol. The van der Waals surface area contributed by atoms with Crippen LogP contribution in [-0.4, -0.2) is 27.7 Å². The lowest BCUT2D eigenvalue weighted by atomic mass is 10.2. The van der Waals surface area contributed by atoms with Crippen molar-refractivity contribution in [1.29, 1.82) is 0 Å². The second kappa shape index (κ2) is 9.23. The molecule has 0 fully saturated rings. The monoisotopic (exact) mass is 384 g/mol. The van der Waals surface area contributed by atoms with Crippen LogP contribution >= 0.6 is 12.2 Å². The molecule has 2 aromatic carbocycles. The third kappa shape index (κ3) is 5.10. The Bertz CT molecular complexity index is 945. The van der Waals surface area contributed by atoms with Gasteiger partial charge >= 0.3 is 0 Å². The number of aromatic amines is 1. The van der Waals surface area contributed by atoms with E-state index in [0.717, 1.165) is 29.9 Å². The highest BCUT2D eigenvalue weighted by Gasteiger charge is 2.08. The van der Waals surface area contributed by atoms with E-state index in [9.17, 15) is 4.39 Å². The zero-order valence-corrected chi connectivity index (χ0v) is 15.9. The van der Waals surface area contributed by atoms with Gasteiger partial charge in [0.2, 0.25) is 4.77 Å². The van der Waals surface area contributed by atoms with Crippen LogP contribution < -0.4 is 4.74 Å². The van der Waals surface area contributed by atoms with Crippen molar-refractivity contribution in [2.45, 2.75) is 26.2 Å². The van der Waals surface area contributed by atoms with Gasteiger partial charge in [-0.3, -0.25) is 0 Å². The van der Waals surface area contributed by atoms with Crippen LogP contribution in [0.15, 0.2) is 53.6 Å². The quantitative estimate of drug-likeness (QED) is 0.330. The van der Waals surface area contributed by atoms with Crippen LogP contribution in [0.2, 0.25) is 0 Å². The van der Waals surface area contributed by atoms with Gasteiger partial charge in [0, 0.05) is 5.56 Å². The third-order valence-electron chi connectivity index (χ3n) is 3.97. The number of hydrogen-bond acceptors (Lipinski definition) is 4. The van der Waals surface area contributed by atoms with Gasteiger partial charge in [-0.2, -0.15) is 14.9 Å². The van der Waals surface area contributed by atoms with E-state index in [4.69, 9.17) is 17.0 Å². The Balaban J connectivity index is 1.72. The van der Waals surface area contributed by atoms with Gasteiger partial charge < -0.3 is 4.74 Å². The largest absolute Gasteiger partial charge is 0.494 e. The molecule has 0 spiro atoms. The van der Waals surface area contributed by atoms with Crippen LogP contribution in [0.3, 0.4) is 0 Å². The molecular formula is C20H21FN4OS. The molecule has 0 saturated heterocycles. The number of halogens is 1. The molecule has 0 saturated carbocycles. The summed E-state index contributed by atoms with van der Waals surface area (Å²) in [6.07, 6.45) is 5.10. The van der Waals surface area contributed by atoms with Crippen molar-refractivity contribution in [1.82, 2.24) is 14.9 Å². The summed E-state index contributed by atoms with van der Waals surface area (Å²) in [6.45, 7) is 2.90. The van der Waals surface area contributed by atoms with Gasteiger partial charge in [-0.25, -0.2) is 9.49 Å². The molecule has 0 radical (unpaired) electrons. The highest BCUT2D eigenvalue weighted by atomic mass is 32.1. The molecule has 0 aliphatic carbocycles. The van der Waals surface area contributed by atoms with Gasteiger partial charge in [0.05, 0.1) is 12.8 Å². The van der Waals surface area contributed by atoms with Gasteiger partial charge in [-0.05, 0) is 72.7 Å². The fraction of sp³-hybridized carbons (Fsp3) is 0.250. The number of nitrogens with zero attached hydrogens (tertiary/aromatic N) is 3. The average molecular weight is 384 g/mol. The first-order chi connectivity index (χ1) is 13.2. The lowest BCUT2D eigenvalue weighted by molar-refractivity contribution is 0.306. The highest BCUT2D eigenvalue weighted by molar-refractivity contribution is 7.71. The van der Waals surface area contributed by atoms with Crippen molar-refractivity contribution in [3.05, 3.63) is 64.7 Å². The van der Waals surface area contributed by atoms with Crippen LogP contribution in [0.25, 0.3) is 11.4 Å². The molecule has 0 unspecified atom stereocenters. The predicted octanol–water partition coefficient (Wildman–Crippen LogP) is 5.20. The van der Waals surface area contributed by atoms with Crippen molar-refractivity contribution in [2.75, 3.05) is 6.61 Å². The first-order valence-corrected chi connectivity index (χ1v) is 9.29. The molecule has 1 N–H and O–H groups in total. The minimum absolute atomic E-state index is 0.306. The zero-order chi connectivity index (χ0) is 19.1. The normalized spacial score (nSPS) is 11.2. The molecule has 0 atom stereocenters. The Kier molecular flexibility index (Phi) is 6.49. The number of rotatable bonds is 8. The van der Waals surface area contributed by atoms with E-state index in [1.165, 1.54) is 29.7 Å². The average Bonchev–Trinajstić information content (AvgIpc) is 3.06. The smallest absolute Gasteiger partial charge is 0.216 e. The fourth-order valence-electron chi connectivity index (χ4n) is 2.50. The minimum atomic E-state index is -0.306. The molecule has 7 heteroatoms. The van der Waals surface area contributed by atoms with E-state index in [1.54, 1.807) is 18.3 Å². The molecule has 140 valence electrons. The topological polar surface area (TPSA) is 55.2 Å². The Morgan fingerprint density at radius 3 is 2.59 bits per heavy atom. The molecular weight excluding hydrogens is 363 g/mol. The molecule has 0 amide bonds. The summed E-state index contributed by atoms with van der Waals surface area (Å²) in [5.41, 5.74) is 1.63. The van der Waals surface area contributed by atoms with Crippen molar-refractivity contribution >= 4 is 18.4 Å². The summed E-state index contributed by atoms with van der Waals surface area (Å²) < 4.78 is 20.7.